The molecular weight excluding hydrogens is 472 g/mol. The molecule has 0 saturated carbocycles. The van der Waals surface area contributed by atoms with Crippen LogP contribution in [0.5, 0.6) is 0 Å². The van der Waals surface area contributed by atoms with E-state index >= 15 is 0 Å². The third-order valence-electron chi connectivity index (χ3n) is 6.36. The minimum atomic E-state index is -0.227. The minimum Gasteiger partial charge on any atom is -0.445 e. The Labute approximate surface area is 210 Å². The fourth-order valence-corrected chi connectivity index (χ4v) is 6.13. The van der Waals surface area contributed by atoms with Crippen molar-refractivity contribution in [1.82, 2.24) is 15.2 Å². The summed E-state index contributed by atoms with van der Waals surface area (Å²) in [5, 5.41) is 4.00. The molecule has 0 aliphatic carbocycles. The molecule has 2 amide bonds. The molecule has 1 aromatic carbocycles. The third-order valence-corrected chi connectivity index (χ3v) is 8.36. The Bertz CT molecular complexity index is 977. The summed E-state index contributed by atoms with van der Waals surface area (Å²) in [6.45, 7) is 3.67. The quantitative estimate of drug-likeness (QED) is 0.582. The molecule has 2 aromatic rings. The van der Waals surface area contributed by atoms with E-state index < -0.39 is 0 Å². The number of halogens is 1. The first-order valence-corrected chi connectivity index (χ1v) is 13.1. The summed E-state index contributed by atoms with van der Waals surface area (Å²) in [7, 11) is 1.58. The molecule has 0 atom stereocenters. The molecule has 3 heterocycles. The predicted octanol–water partition coefficient (Wildman–Crippen LogP) is 4.60. The van der Waals surface area contributed by atoms with Crippen LogP contribution in [-0.4, -0.2) is 65.6 Å². The summed E-state index contributed by atoms with van der Waals surface area (Å²) < 4.78 is 5.48. The van der Waals surface area contributed by atoms with E-state index in [1.54, 1.807) is 13.1 Å². The molecule has 1 aromatic heterocycles. The summed E-state index contributed by atoms with van der Waals surface area (Å²) in [6.07, 6.45) is 3.96. The first-order chi connectivity index (χ1) is 16.5. The van der Waals surface area contributed by atoms with Crippen molar-refractivity contribution in [2.75, 3.05) is 38.1 Å². The summed E-state index contributed by atoms with van der Waals surface area (Å²) in [4.78, 5) is 32.7. The Morgan fingerprint density at radius 1 is 1.03 bits per heavy atom. The predicted molar refractivity (Wildman–Crippen MR) is 137 cm³/mol. The number of thioether (sulfide) groups is 1. The van der Waals surface area contributed by atoms with Crippen LogP contribution >= 0.6 is 23.4 Å². The number of piperidine rings is 2. The van der Waals surface area contributed by atoms with E-state index in [0.717, 1.165) is 63.2 Å². The number of likely N-dealkylation sites (tertiary alicyclic amines) is 1. The van der Waals surface area contributed by atoms with Gasteiger partial charge in [-0.05, 0) is 43.4 Å². The fourth-order valence-electron chi connectivity index (χ4n) is 4.38. The Hall–Kier alpha value is -2.45. The fraction of sp³-hybridized carbons (Fsp3) is 0.480. The van der Waals surface area contributed by atoms with Crippen molar-refractivity contribution < 1.29 is 14.3 Å². The largest absolute Gasteiger partial charge is 0.445 e. The molecule has 4 rings (SSSR count). The van der Waals surface area contributed by atoms with Crippen LogP contribution in [0, 0.1) is 0 Å². The van der Waals surface area contributed by atoms with Crippen molar-refractivity contribution in [2.24, 2.45) is 0 Å². The smallest absolute Gasteiger partial charge is 0.410 e. The first kappa shape index (κ1) is 24.7. The normalized spacial score (nSPS) is 17.5. The van der Waals surface area contributed by atoms with Gasteiger partial charge in [0.25, 0.3) is 5.91 Å². The van der Waals surface area contributed by atoms with Crippen molar-refractivity contribution in [3.63, 3.8) is 0 Å². The van der Waals surface area contributed by atoms with E-state index in [1.165, 1.54) is 0 Å². The van der Waals surface area contributed by atoms with Crippen LogP contribution in [0.2, 0.25) is 5.15 Å². The van der Waals surface area contributed by atoms with Crippen molar-refractivity contribution in [1.29, 1.82) is 0 Å². The molecule has 7 nitrogen and oxygen atoms in total. The SMILES string of the molecule is CNC(=O)c1ccc(N2CCC(SC3CCN(C(=O)OCc4ccccc4)CC3)CC2)nc1Cl. The second-order valence-corrected chi connectivity index (χ2v) is 10.6. The van der Waals surface area contributed by atoms with E-state index in [4.69, 9.17) is 16.3 Å². The Kier molecular flexibility index (Phi) is 8.56. The van der Waals surface area contributed by atoms with Crippen molar-refractivity contribution >= 4 is 41.2 Å². The summed E-state index contributed by atoms with van der Waals surface area (Å²) in [5.74, 6) is 0.595. The van der Waals surface area contributed by atoms with Crippen LogP contribution in [0.25, 0.3) is 0 Å². The number of anilines is 1. The standard InChI is InChI=1S/C25H31ClN4O3S/c1-27-24(31)21-7-8-22(28-23(21)26)29-13-9-19(10-14-29)34-20-11-15-30(16-12-20)25(32)33-17-18-5-3-2-4-6-18/h2-8,19-20H,9-17H2,1H3,(H,27,31). The molecule has 2 aliphatic heterocycles. The maximum atomic E-state index is 12.4. The van der Waals surface area contributed by atoms with Gasteiger partial charge in [-0.25, -0.2) is 9.78 Å². The van der Waals surface area contributed by atoms with E-state index in [-0.39, 0.29) is 17.2 Å². The van der Waals surface area contributed by atoms with Crippen LogP contribution in [-0.2, 0) is 11.3 Å². The summed E-state index contributed by atoms with van der Waals surface area (Å²) >= 11 is 8.30. The van der Waals surface area contributed by atoms with Gasteiger partial charge < -0.3 is 19.9 Å². The van der Waals surface area contributed by atoms with Crippen LogP contribution in [0.15, 0.2) is 42.5 Å². The number of amides is 2. The highest BCUT2D eigenvalue weighted by atomic mass is 35.5. The van der Waals surface area contributed by atoms with Crippen molar-refractivity contribution in [2.45, 2.75) is 42.8 Å². The van der Waals surface area contributed by atoms with Crippen LogP contribution in [0.3, 0.4) is 0 Å². The highest BCUT2D eigenvalue weighted by molar-refractivity contribution is 8.00. The van der Waals surface area contributed by atoms with E-state index in [0.29, 0.717) is 22.7 Å². The maximum absolute atomic E-state index is 12.4. The van der Waals surface area contributed by atoms with Gasteiger partial charge in [-0.3, -0.25) is 4.79 Å². The van der Waals surface area contributed by atoms with Gasteiger partial charge in [0.05, 0.1) is 5.56 Å². The topological polar surface area (TPSA) is 74.8 Å². The van der Waals surface area contributed by atoms with E-state index in [2.05, 4.69) is 27.0 Å². The molecular formula is C25H31ClN4O3S. The molecule has 0 spiro atoms. The highest BCUT2D eigenvalue weighted by Crippen LogP contribution is 2.34. The monoisotopic (exact) mass is 502 g/mol. The number of hydrogen-bond acceptors (Lipinski definition) is 6. The second kappa shape index (κ2) is 11.8. The zero-order valence-electron chi connectivity index (χ0n) is 19.4. The zero-order chi connectivity index (χ0) is 23.9. The summed E-state index contributed by atoms with van der Waals surface area (Å²) in [6, 6.07) is 13.4. The number of nitrogens with one attached hydrogen (secondary N) is 1. The number of nitrogens with zero attached hydrogens (tertiary/aromatic N) is 3. The number of pyridine rings is 1. The van der Waals surface area contributed by atoms with E-state index in [9.17, 15) is 9.59 Å². The van der Waals surface area contributed by atoms with Gasteiger partial charge in [0.2, 0.25) is 0 Å². The van der Waals surface area contributed by atoms with Crippen molar-refractivity contribution in [3.05, 3.63) is 58.7 Å². The number of hydrogen-bond donors (Lipinski definition) is 1. The second-order valence-electron chi connectivity index (χ2n) is 8.64. The van der Waals surface area contributed by atoms with Crippen LogP contribution in [0.4, 0.5) is 10.6 Å². The van der Waals surface area contributed by atoms with Gasteiger partial charge in [0.15, 0.2) is 0 Å². The maximum Gasteiger partial charge on any atom is 0.410 e. The lowest BCUT2D eigenvalue weighted by Gasteiger charge is -2.36. The number of aromatic nitrogens is 1. The number of benzene rings is 1. The van der Waals surface area contributed by atoms with Gasteiger partial charge in [0, 0.05) is 43.7 Å². The zero-order valence-corrected chi connectivity index (χ0v) is 21.0. The Morgan fingerprint density at radius 2 is 1.68 bits per heavy atom. The molecule has 2 aliphatic rings. The number of rotatable bonds is 6. The van der Waals surface area contributed by atoms with E-state index in [1.807, 2.05) is 41.3 Å². The van der Waals surface area contributed by atoms with Gasteiger partial charge in [-0.2, -0.15) is 11.8 Å². The minimum absolute atomic E-state index is 0.214. The molecule has 182 valence electrons. The lowest BCUT2D eigenvalue weighted by Crippen LogP contribution is -2.41. The van der Waals surface area contributed by atoms with Gasteiger partial charge in [0.1, 0.15) is 17.6 Å². The lowest BCUT2D eigenvalue weighted by atomic mass is 10.1. The molecule has 0 radical (unpaired) electrons. The number of carbonyl (C=O) groups excluding carboxylic acids is 2. The first-order valence-electron chi connectivity index (χ1n) is 11.8. The lowest BCUT2D eigenvalue weighted by molar-refractivity contribution is 0.0900. The number of ether oxygens (including phenoxy) is 1. The van der Waals surface area contributed by atoms with Gasteiger partial charge >= 0.3 is 6.09 Å². The Balaban J connectivity index is 1.18. The van der Waals surface area contributed by atoms with Crippen LogP contribution in [0.1, 0.15) is 41.6 Å². The van der Waals surface area contributed by atoms with Gasteiger partial charge in [-0.15, -0.1) is 0 Å². The van der Waals surface area contributed by atoms with Gasteiger partial charge in [-0.1, -0.05) is 41.9 Å². The molecule has 9 heteroatoms. The summed E-state index contributed by atoms with van der Waals surface area (Å²) in [5.41, 5.74) is 1.40. The molecule has 2 fully saturated rings. The third kappa shape index (κ3) is 6.36. The van der Waals surface area contributed by atoms with Crippen molar-refractivity contribution in [3.8, 4) is 0 Å². The average molecular weight is 503 g/mol. The highest BCUT2D eigenvalue weighted by Gasteiger charge is 2.28. The molecule has 0 unspecified atom stereocenters. The van der Waals surface area contributed by atoms with Crippen LogP contribution < -0.4 is 10.2 Å². The number of carbonyl (C=O) groups is 2. The molecule has 1 N–H and O–H groups in total. The Morgan fingerprint density at radius 3 is 2.29 bits per heavy atom. The molecule has 2 saturated heterocycles. The molecule has 0 bridgehead atoms. The molecule has 34 heavy (non-hydrogen) atoms. The average Bonchev–Trinajstić information content (AvgIpc) is 2.88.